The third kappa shape index (κ3) is 3.57. The van der Waals surface area contributed by atoms with E-state index in [4.69, 9.17) is 15.2 Å². The minimum absolute atomic E-state index is 0.0320. The van der Waals surface area contributed by atoms with Crippen molar-refractivity contribution in [2.75, 3.05) is 18.1 Å². The normalized spacial score (nSPS) is 24.1. The quantitative estimate of drug-likeness (QED) is 0.663. The lowest BCUT2D eigenvalue weighted by Crippen LogP contribution is -2.58. The van der Waals surface area contributed by atoms with Crippen LogP contribution in [0.3, 0.4) is 0 Å². The van der Waals surface area contributed by atoms with Gasteiger partial charge in [-0.05, 0) is 36.4 Å². The summed E-state index contributed by atoms with van der Waals surface area (Å²) in [5.41, 5.74) is 4.11. The molecule has 162 valence electrons. The summed E-state index contributed by atoms with van der Waals surface area (Å²) in [5.74, 6) is -0.578. The first-order valence-corrected chi connectivity index (χ1v) is 8.88. The highest BCUT2D eigenvalue weighted by Crippen LogP contribution is 2.51. The van der Waals surface area contributed by atoms with Crippen LogP contribution in [0.1, 0.15) is 11.1 Å². The van der Waals surface area contributed by atoms with Crippen molar-refractivity contribution in [2.45, 2.75) is 30.5 Å². The lowest BCUT2D eigenvalue weighted by atomic mass is 9.97. The molecule has 0 spiro atoms. The first-order valence-electron chi connectivity index (χ1n) is 8.88. The predicted octanol–water partition coefficient (Wildman–Crippen LogP) is 4.06. The average molecular weight is 434 g/mol. The summed E-state index contributed by atoms with van der Waals surface area (Å²) in [4.78, 5) is 1.41. The number of aliphatic hydroxyl groups is 1. The summed E-state index contributed by atoms with van der Waals surface area (Å²) >= 11 is 0. The standard InChI is InChI=1S/C19H16F6N2O3/c20-18(21,22)9-1-3-12-15(5-9)30-16-6-10(19(23,24)25)2-4-13(16)27(12)14-8-29-7-11(26)17(14)28/h1-6,11,14,17,28H,7-8,26H2/t11-,14+,17+/m1/s1. The number of nitrogens with zero attached hydrogens (tertiary/aromatic N) is 1. The van der Waals surface area contributed by atoms with E-state index in [1.165, 1.54) is 4.90 Å². The summed E-state index contributed by atoms with van der Waals surface area (Å²) < 4.78 is 89.7. The number of anilines is 2. The van der Waals surface area contributed by atoms with Crippen LogP contribution < -0.4 is 15.4 Å². The second-order valence-corrected chi connectivity index (χ2v) is 7.09. The fourth-order valence-electron chi connectivity index (χ4n) is 3.58. The van der Waals surface area contributed by atoms with E-state index in [1.54, 1.807) is 0 Å². The van der Waals surface area contributed by atoms with Gasteiger partial charge >= 0.3 is 12.4 Å². The molecule has 0 saturated carbocycles. The number of rotatable bonds is 1. The van der Waals surface area contributed by atoms with Crippen LogP contribution in [0.5, 0.6) is 11.5 Å². The Kier molecular flexibility index (Phi) is 4.87. The zero-order valence-electron chi connectivity index (χ0n) is 15.2. The van der Waals surface area contributed by atoms with Gasteiger partial charge in [0.2, 0.25) is 0 Å². The summed E-state index contributed by atoms with van der Waals surface area (Å²) in [6.45, 7) is 0.0392. The molecule has 30 heavy (non-hydrogen) atoms. The zero-order chi connectivity index (χ0) is 21.8. The Morgan fingerprint density at radius 1 is 0.867 bits per heavy atom. The van der Waals surface area contributed by atoms with Crippen LogP contribution in [0.25, 0.3) is 0 Å². The van der Waals surface area contributed by atoms with E-state index in [9.17, 15) is 31.4 Å². The Balaban J connectivity index is 1.87. The van der Waals surface area contributed by atoms with Gasteiger partial charge in [-0.2, -0.15) is 26.3 Å². The summed E-state index contributed by atoms with van der Waals surface area (Å²) in [6.07, 6.45) is -10.5. The van der Waals surface area contributed by atoms with Gasteiger partial charge in [0, 0.05) is 0 Å². The van der Waals surface area contributed by atoms with Gasteiger partial charge in [-0.25, -0.2) is 0 Å². The van der Waals surface area contributed by atoms with Gasteiger partial charge in [-0.15, -0.1) is 0 Å². The average Bonchev–Trinajstić information content (AvgIpc) is 2.66. The molecule has 0 bridgehead atoms. The number of hydrogen-bond donors (Lipinski definition) is 2. The topological polar surface area (TPSA) is 68.0 Å². The van der Waals surface area contributed by atoms with Crippen LogP contribution in [0.15, 0.2) is 36.4 Å². The third-order valence-corrected chi connectivity index (χ3v) is 5.08. The van der Waals surface area contributed by atoms with E-state index in [-0.39, 0.29) is 36.1 Å². The monoisotopic (exact) mass is 434 g/mol. The van der Waals surface area contributed by atoms with Crippen LogP contribution in [0.2, 0.25) is 0 Å². The highest BCUT2D eigenvalue weighted by molar-refractivity contribution is 5.79. The minimum Gasteiger partial charge on any atom is -0.453 e. The smallest absolute Gasteiger partial charge is 0.416 e. The van der Waals surface area contributed by atoms with Gasteiger partial charge in [0.15, 0.2) is 11.5 Å². The molecule has 0 amide bonds. The number of ether oxygens (including phenoxy) is 2. The van der Waals surface area contributed by atoms with Crippen molar-refractivity contribution in [1.29, 1.82) is 0 Å². The lowest BCUT2D eigenvalue weighted by Gasteiger charge is -2.44. The molecule has 2 heterocycles. The number of fused-ring (bicyclic) bond motifs is 2. The zero-order valence-corrected chi connectivity index (χ0v) is 15.2. The number of nitrogens with two attached hydrogens (primary N) is 1. The van der Waals surface area contributed by atoms with Crippen molar-refractivity contribution in [3.63, 3.8) is 0 Å². The molecule has 3 N–H and O–H groups in total. The highest BCUT2D eigenvalue weighted by Gasteiger charge is 2.41. The van der Waals surface area contributed by atoms with Crippen LogP contribution in [0, 0.1) is 0 Å². The second-order valence-electron chi connectivity index (χ2n) is 7.09. The fourth-order valence-corrected chi connectivity index (χ4v) is 3.58. The second kappa shape index (κ2) is 7.03. The molecule has 4 rings (SSSR count). The summed E-state index contributed by atoms with van der Waals surface area (Å²) in [6, 6.07) is 3.76. The Hall–Kier alpha value is -2.50. The first kappa shape index (κ1) is 20.8. The van der Waals surface area contributed by atoms with Crippen LogP contribution in [-0.4, -0.2) is 36.5 Å². The molecular formula is C19H16F6N2O3. The summed E-state index contributed by atoms with van der Waals surface area (Å²) in [7, 11) is 0. The molecule has 0 aromatic heterocycles. The van der Waals surface area contributed by atoms with E-state index < -0.39 is 41.7 Å². The molecule has 1 saturated heterocycles. The maximum atomic E-state index is 13.1. The van der Waals surface area contributed by atoms with Crippen molar-refractivity contribution >= 4 is 11.4 Å². The SMILES string of the molecule is N[C@@H]1COC[C@H](N2c3ccc(C(F)(F)F)cc3Oc3cc(C(F)(F)F)ccc32)[C@H]1O. The molecule has 3 atom stereocenters. The van der Waals surface area contributed by atoms with Crippen molar-refractivity contribution in [3.8, 4) is 11.5 Å². The van der Waals surface area contributed by atoms with Crippen molar-refractivity contribution in [1.82, 2.24) is 0 Å². The maximum absolute atomic E-state index is 13.1. The first-order chi connectivity index (χ1) is 14.0. The van der Waals surface area contributed by atoms with Gasteiger partial charge in [0.25, 0.3) is 0 Å². The molecular weight excluding hydrogens is 418 g/mol. The maximum Gasteiger partial charge on any atom is 0.416 e. The Morgan fingerprint density at radius 3 is 1.83 bits per heavy atom. The molecule has 5 nitrogen and oxygen atoms in total. The van der Waals surface area contributed by atoms with Gasteiger partial charge in [0.05, 0.1) is 53.9 Å². The van der Waals surface area contributed by atoms with Crippen LogP contribution >= 0.6 is 0 Å². The van der Waals surface area contributed by atoms with E-state index in [2.05, 4.69) is 0 Å². The van der Waals surface area contributed by atoms with Crippen molar-refractivity contribution < 1.29 is 40.9 Å². The van der Waals surface area contributed by atoms with Crippen LogP contribution in [0.4, 0.5) is 37.7 Å². The molecule has 1 fully saturated rings. The number of alkyl halides is 6. The van der Waals surface area contributed by atoms with Crippen molar-refractivity contribution in [2.24, 2.45) is 5.73 Å². The molecule has 2 aromatic rings. The molecule has 2 aliphatic rings. The highest BCUT2D eigenvalue weighted by atomic mass is 19.4. The largest absolute Gasteiger partial charge is 0.453 e. The fraction of sp³-hybridized carbons (Fsp3) is 0.368. The molecule has 0 unspecified atom stereocenters. The third-order valence-electron chi connectivity index (χ3n) is 5.08. The van der Waals surface area contributed by atoms with Gasteiger partial charge in [-0.3, -0.25) is 0 Å². The minimum atomic E-state index is -4.67. The van der Waals surface area contributed by atoms with Gasteiger partial charge in [0.1, 0.15) is 0 Å². The van der Waals surface area contributed by atoms with Crippen molar-refractivity contribution in [3.05, 3.63) is 47.5 Å². The molecule has 0 aliphatic carbocycles. The van der Waals surface area contributed by atoms with E-state index >= 15 is 0 Å². The Labute approximate surface area is 166 Å². The molecule has 11 heteroatoms. The van der Waals surface area contributed by atoms with Gasteiger partial charge in [-0.1, -0.05) is 0 Å². The van der Waals surface area contributed by atoms with E-state index in [0.29, 0.717) is 12.1 Å². The number of aliphatic hydroxyl groups excluding tert-OH is 1. The summed E-state index contributed by atoms with van der Waals surface area (Å²) in [5, 5.41) is 10.6. The number of hydrogen-bond acceptors (Lipinski definition) is 5. The number of halogens is 6. The van der Waals surface area contributed by atoms with E-state index in [0.717, 1.165) is 24.3 Å². The van der Waals surface area contributed by atoms with Crippen LogP contribution in [-0.2, 0) is 17.1 Å². The predicted molar refractivity (Wildman–Crippen MR) is 93.7 cm³/mol. The number of benzene rings is 2. The lowest BCUT2D eigenvalue weighted by molar-refractivity contribution is -0.138. The molecule has 0 radical (unpaired) electrons. The Morgan fingerprint density at radius 2 is 1.37 bits per heavy atom. The molecule has 2 aliphatic heterocycles. The van der Waals surface area contributed by atoms with E-state index in [1.807, 2.05) is 0 Å². The molecule has 2 aromatic carbocycles. The Bertz CT molecular complexity index is 899. The van der Waals surface area contributed by atoms with Gasteiger partial charge < -0.3 is 25.2 Å².